The summed E-state index contributed by atoms with van der Waals surface area (Å²) in [6, 6.07) is 12.4. The first kappa shape index (κ1) is 22.1. The van der Waals surface area contributed by atoms with Gasteiger partial charge in [-0.1, -0.05) is 23.7 Å². The number of halogens is 1. The molecule has 168 valence electrons. The van der Waals surface area contributed by atoms with Crippen LogP contribution in [0.1, 0.15) is 35.2 Å². The average molecular weight is 455 g/mol. The first-order valence-corrected chi connectivity index (χ1v) is 11.2. The van der Waals surface area contributed by atoms with Gasteiger partial charge in [-0.3, -0.25) is 19.3 Å². The SMILES string of the molecule is CN(C)C(=O)c1ccc2c(c1)N(CC(=O)NCc1cccc(Cl)c1)C(=O)C1CCCCN21. The van der Waals surface area contributed by atoms with Crippen molar-refractivity contribution in [2.75, 3.05) is 37.0 Å². The Hall–Kier alpha value is -3.06. The number of anilines is 2. The second-order valence-electron chi connectivity index (χ2n) is 8.44. The van der Waals surface area contributed by atoms with Gasteiger partial charge >= 0.3 is 0 Å². The van der Waals surface area contributed by atoms with Crippen LogP contribution >= 0.6 is 11.6 Å². The van der Waals surface area contributed by atoms with Gasteiger partial charge in [0.2, 0.25) is 11.8 Å². The van der Waals surface area contributed by atoms with Crippen LogP contribution in [0.5, 0.6) is 0 Å². The molecule has 0 aliphatic carbocycles. The van der Waals surface area contributed by atoms with Gasteiger partial charge in [0.25, 0.3) is 5.91 Å². The Labute approximate surface area is 192 Å². The topological polar surface area (TPSA) is 73.0 Å². The number of piperidine rings is 1. The third kappa shape index (κ3) is 4.43. The zero-order chi connectivity index (χ0) is 22.8. The molecule has 3 amide bonds. The van der Waals surface area contributed by atoms with Crippen molar-refractivity contribution in [1.29, 1.82) is 0 Å². The normalized spacial score (nSPS) is 17.5. The summed E-state index contributed by atoms with van der Waals surface area (Å²) in [7, 11) is 3.38. The number of amides is 3. The average Bonchev–Trinajstić information content (AvgIpc) is 2.79. The highest BCUT2D eigenvalue weighted by molar-refractivity contribution is 6.30. The highest BCUT2D eigenvalue weighted by atomic mass is 35.5. The van der Waals surface area contributed by atoms with Gasteiger partial charge in [0.05, 0.1) is 11.4 Å². The molecule has 2 aromatic carbocycles. The van der Waals surface area contributed by atoms with E-state index in [4.69, 9.17) is 11.6 Å². The van der Waals surface area contributed by atoms with Crippen molar-refractivity contribution in [1.82, 2.24) is 10.2 Å². The molecular weight excluding hydrogens is 428 g/mol. The molecule has 7 nitrogen and oxygen atoms in total. The third-order valence-corrected chi connectivity index (χ3v) is 6.20. The molecule has 1 atom stereocenters. The van der Waals surface area contributed by atoms with Crippen molar-refractivity contribution in [3.05, 3.63) is 58.6 Å². The number of carbonyl (C=O) groups excluding carboxylic acids is 3. The molecule has 1 N–H and O–H groups in total. The largest absolute Gasteiger partial charge is 0.358 e. The van der Waals surface area contributed by atoms with E-state index in [0.717, 1.165) is 37.1 Å². The van der Waals surface area contributed by atoms with E-state index in [2.05, 4.69) is 10.2 Å². The van der Waals surface area contributed by atoms with Gasteiger partial charge in [-0.2, -0.15) is 0 Å². The van der Waals surface area contributed by atoms with Crippen LogP contribution in [0.3, 0.4) is 0 Å². The van der Waals surface area contributed by atoms with E-state index in [-0.39, 0.29) is 30.3 Å². The Morgan fingerprint density at radius 3 is 2.69 bits per heavy atom. The first-order valence-electron chi connectivity index (χ1n) is 10.8. The summed E-state index contributed by atoms with van der Waals surface area (Å²) in [4.78, 5) is 43.8. The molecular formula is C24H27ClN4O3. The van der Waals surface area contributed by atoms with Crippen molar-refractivity contribution >= 4 is 40.7 Å². The zero-order valence-corrected chi connectivity index (χ0v) is 19.1. The molecule has 4 rings (SSSR count). The molecule has 0 bridgehead atoms. The molecule has 2 aliphatic heterocycles. The van der Waals surface area contributed by atoms with E-state index in [1.54, 1.807) is 38.4 Å². The van der Waals surface area contributed by atoms with Crippen molar-refractivity contribution < 1.29 is 14.4 Å². The quantitative estimate of drug-likeness (QED) is 0.753. The molecule has 8 heteroatoms. The van der Waals surface area contributed by atoms with E-state index in [1.165, 1.54) is 9.80 Å². The summed E-state index contributed by atoms with van der Waals surface area (Å²) in [6.07, 6.45) is 2.76. The Bertz CT molecular complexity index is 1060. The van der Waals surface area contributed by atoms with Crippen LogP contribution in [0.4, 0.5) is 11.4 Å². The van der Waals surface area contributed by atoms with Gasteiger partial charge in [-0.15, -0.1) is 0 Å². The molecule has 0 saturated carbocycles. The lowest BCUT2D eigenvalue weighted by Gasteiger charge is -2.45. The van der Waals surface area contributed by atoms with E-state index < -0.39 is 0 Å². The zero-order valence-electron chi connectivity index (χ0n) is 18.3. The van der Waals surface area contributed by atoms with Crippen molar-refractivity contribution in [3.8, 4) is 0 Å². The molecule has 32 heavy (non-hydrogen) atoms. The number of rotatable bonds is 5. The van der Waals surface area contributed by atoms with Crippen molar-refractivity contribution in [2.24, 2.45) is 0 Å². The predicted molar refractivity (Wildman–Crippen MR) is 125 cm³/mol. The minimum absolute atomic E-state index is 0.0930. The van der Waals surface area contributed by atoms with Crippen LogP contribution in [0, 0.1) is 0 Å². The summed E-state index contributed by atoms with van der Waals surface area (Å²) in [5.41, 5.74) is 2.88. The Balaban J connectivity index is 1.60. The maximum Gasteiger partial charge on any atom is 0.253 e. The lowest BCUT2D eigenvalue weighted by molar-refractivity contribution is -0.125. The van der Waals surface area contributed by atoms with Gasteiger partial charge in [-0.25, -0.2) is 0 Å². The number of hydrogen-bond donors (Lipinski definition) is 1. The van der Waals surface area contributed by atoms with Gasteiger partial charge in [-0.05, 0) is 55.2 Å². The first-order chi connectivity index (χ1) is 15.3. The molecule has 1 unspecified atom stereocenters. The lowest BCUT2D eigenvalue weighted by Crippen LogP contribution is -2.57. The standard InChI is InChI=1S/C24H27ClN4O3/c1-27(2)23(31)17-9-10-19-21(13-17)29(24(32)20-8-3-4-11-28(19)20)15-22(30)26-14-16-6-5-7-18(25)12-16/h5-7,9-10,12-13,20H,3-4,8,11,14-15H2,1-2H3,(H,26,30). The fourth-order valence-electron chi connectivity index (χ4n) is 4.36. The van der Waals surface area contributed by atoms with Gasteiger partial charge in [0.1, 0.15) is 12.6 Å². The highest BCUT2D eigenvalue weighted by Gasteiger charge is 2.40. The minimum Gasteiger partial charge on any atom is -0.358 e. The maximum atomic E-state index is 13.4. The van der Waals surface area contributed by atoms with E-state index >= 15 is 0 Å². The maximum absolute atomic E-state index is 13.4. The number of hydrogen-bond acceptors (Lipinski definition) is 4. The van der Waals surface area contributed by atoms with E-state index in [1.807, 2.05) is 18.2 Å². The van der Waals surface area contributed by atoms with E-state index in [9.17, 15) is 14.4 Å². The number of benzene rings is 2. The number of carbonyl (C=O) groups is 3. The molecule has 2 heterocycles. The molecule has 0 spiro atoms. The fraction of sp³-hybridized carbons (Fsp3) is 0.375. The Morgan fingerprint density at radius 2 is 1.94 bits per heavy atom. The van der Waals surface area contributed by atoms with Crippen LogP contribution in [-0.2, 0) is 16.1 Å². The third-order valence-electron chi connectivity index (χ3n) is 5.96. The number of nitrogens with zero attached hydrogens (tertiary/aromatic N) is 3. The minimum atomic E-state index is -0.271. The summed E-state index contributed by atoms with van der Waals surface area (Å²) in [6.45, 7) is 1.01. The number of fused-ring (bicyclic) bond motifs is 3. The second-order valence-corrected chi connectivity index (χ2v) is 8.88. The Morgan fingerprint density at radius 1 is 1.12 bits per heavy atom. The monoisotopic (exact) mass is 454 g/mol. The predicted octanol–water partition coefficient (Wildman–Crippen LogP) is 3.06. The van der Waals surface area contributed by atoms with Gasteiger partial charge in [0, 0.05) is 37.8 Å². The second kappa shape index (κ2) is 9.20. The van der Waals surface area contributed by atoms with Crippen LogP contribution in [0.25, 0.3) is 0 Å². The molecule has 0 radical (unpaired) electrons. The molecule has 0 aromatic heterocycles. The smallest absolute Gasteiger partial charge is 0.253 e. The summed E-state index contributed by atoms with van der Waals surface area (Å²) in [5, 5.41) is 3.48. The fourth-order valence-corrected chi connectivity index (χ4v) is 4.57. The van der Waals surface area contributed by atoms with Crippen LogP contribution in [0.2, 0.25) is 5.02 Å². The molecule has 2 aromatic rings. The van der Waals surface area contributed by atoms with E-state index in [0.29, 0.717) is 22.8 Å². The summed E-state index contributed by atoms with van der Waals surface area (Å²) < 4.78 is 0. The summed E-state index contributed by atoms with van der Waals surface area (Å²) in [5.74, 6) is -0.506. The lowest BCUT2D eigenvalue weighted by atomic mass is 9.95. The molecule has 1 fully saturated rings. The highest BCUT2D eigenvalue weighted by Crippen LogP contribution is 2.40. The number of nitrogens with one attached hydrogen (secondary N) is 1. The van der Waals surface area contributed by atoms with Gasteiger partial charge in [0.15, 0.2) is 0 Å². The van der Waals surface area contributed by atoms with Gasteiger partial charge < -0.3 is 15.1 Å². The molecule has 1 saturated heterocycles. The molecule has 2 aliphatic rings. The van der Waals surface area contributed by atoms with Crippen molar-refractivity contribution in [2.45, 2.75) is 31.8 Å². The van der Waals surface area contributed by atoms with Crippen LogP contribution in [-0.4, -0.2) is 55.8 Å². The summed E-state index contributed by atoms with van der Waals surface area (Å²) >= 11 is 6.02. The van der Waals surface area contributed by atoms with Crippen molar-refractivity contribution in [3.63, 3.8) is 0 Å². The van der Waals surface area contributed by atoms with Crippen LogP contribution < -0.4 is 15.1 Å². The Kier molecular flexibility index (Phi) is 6.37. The van der Waals surface area contributed by atoms with Crippen LogP contribution in [0.15, 0.2) is 42.5 Å².